The van der Waals surface area contributed by atoms with Crippen molar-refractivity contribution in [1.29, 1.82) is 0 Å². The van der Waals surface area contributed by atoms with Crippen LogP contribution in [0.4, 0.5) is 6.01 Å². The van der Waals surface area contributed by atoms with Crippen molar-refractivity contribution in [2.24, 2.45) is 0 Å². The zero-order valence-corrected chi connectivity index (χ0v) is 10.1. The molecular weight excluding hydrogens is 252 g/mol. The molecule has 1 unspecified atom stereocenters. The zero-order valence-electron chi connectivity index (χ0n) is 9.24. The molecule has 0 aliphatic rings. The number of rotatable bonds is 4. The average molecular weight is 262 g/mol. The third-order valence-corrected chi connectivity index (χ3v) is 2.81. The first kappa shape index (κ1) is 11.0. The van der Waals surface area contributed by atoms with Gasteiger partial charge in [-0.25, -0.2) is 0 Å². The number of hydrogen-bond acceptors (Lipinski definition) is 7. The predicted molar refractivity (Wildman–Crippen MR) is 68.4 cm³/mol. The largest absolute Gasteiger partial charge is 0.424 e. The molecule has 18 heavy (non-hydrogen) atoms. The Labute approximate surface area is 107 Å². The molecule has 0 saturated heterocycles. The van der Waals surface area contributed by atoms with E-state index in [4.69, 9.17) is 4.42 Å². The summed E-state index contributed by atoms with van der Waals surface area (Å²) in [7, 11) is 0. The van der Waals surface area contributed by atoms with Crippen LogP contribution in [0.5, 0.6) is 0 Å². The van der Waals surface area contributed by atoms with Gasteiger partial charge in [-0.2, -0.15) is 22.8 Å². The summed E-state index contributed by atoms with van der Waals surface area (Å²) >= 11 is 4.24. The molecule has 1 aromatic carbocycles. The number of H-pyrrole nitrogens is 1. The fourth-order valence-corrected chi connectivity index (χ4v) is 1.85. The van der Waals surface area contributed by atoms with Gasteiger partial charge in [-0.1, -0.05) is 17.3 Å². The molecule has 3 rings (SSSR count). The minimum atomic E-state index is -0.208. The lowest BCUT2D eigenvalue weighted by atomic mass is 10.3. The Morgan fingerprint density at radius 1 is 1.39 bits per heavy atom. The Kier molecular flexibility index (Phi) is 2.85. The maximum absolute atomic E-state index is 5.56. The molecule has 1 atom stereocenters. The highest BCUT2D eigenvalue weighted by Gasteiger charge is 2.17. The molecule has 3 aromatic rings. The Bertz CT molecular complexity index is 604. The highest BCUT2D eigenvalue weighted by atomic mass is 32.1. The van der Waals surface area contributed by atoms with E-state index in [1.54, 1.807) is 0 Å². The minimum absolute atomic E-state index is 0.208. The number of tetrazole rings is 1. The van der Waals surface area contributed by atoms with E-state index in [0.717, 1.165) is 11.1 Å². The highest BCUT2D eigenvalue weighted by molar-refractivity contribution is 7.80. The predicted octanol–water partition coefficient (Wildman–Crippen LogP) is 1.42. The summed E-state index contributed by atoms with van der Waals surface area (Å²) in [5.74, 6) is 1.02. The van der Waals surface area contributed by atoms with Crippen LogP contribution in [-0.2, 0) is 0 Å². The van der Waals surface area contributed by atoms with Gasteiger partial charge in [0.2, 0.25) is 0 Å². The van der Waals surface area contributed by atoms with E-state index in [1.807, 2.05) is 24.3 Å². The number of nitrogens with zero attached hydrogens (tertiary/aromatic N) is 4. The van der Waals surface area contributed by atoms with Gasteiger partial charge in [-0.05, 0) is 12.1 Å². The van der Waals surface area contributed by atoms with Crippen LogP contribution in [-0.4, -0.2) is 31.4 Å². The van der Waals surface area contributed by atoms with Crippen LogP contribution < -0.4 is 5.32 Å². The molecule has 0 bridgehead atoms. The average Bonchev–Trinajstić information content (AvgIpc) is 3.04. The van der Waals surface area contributed by atoms with Crippen LogP contribution in [0.1, 0.15) is 11.9 Å². The molecule has 0 radical (unpaired) electrons. The molecular formula is C10H10N6OS. The van der Waals surface area contributed by atoms with Gasteiger partial charge < -0.3 is 9.73 Å². The molecule has 0 saturated carbocycles. The molecule has 0 amide bonds. The third kappa shape index (κ3) is 2.02. The van der Waals surface area contributed by atoms with Crippen LogP contribution in [0.2, 0.25) is 0 Å². The molecule has 0 fully saturated rings. The summed E-state index contributed by atoms with van der Waals surface area (Å²) in [6.07, 6.45) is 0. The standard InChI is InChI=1S/C10H10N6OS/c18-5-7(9-13-15-16-14-9)12-10-11-6-3-1-2-4-8(6)17-10/h1-4,7,18H,5H2,(H,11,12)(H,13,14,15,16). The molecule has 2 heterocycles. The number of aromatic amines is 1. The molecule has 0 aliphatic heterocycles. The lowest BCUT2D eigenvalue weighted by molar-refractivity contribution is 0.600. The minimum Gasteiger partial charge on any atom is -0.424 e. The second-order valence-corrected chi connectivity index (χ2v) is 4.00. The Morgan fingerprint density at radius 2 is 2.28 bits per heavy atom. The van der Waals surface area contributed by atoms with E-state index in [0.29, 0.717) is 17.6 Å². The van der Waals surface area contributed by atoms with Gasteiger partial charge >= 0.3 is 0 Å². The van der Waals surface area contributed by atoms with Crippen molar-refractivity contribution in [1.82, 2.24) is 25.6 Å². The van der Waals surface area contributed by atoms with Crippen molar-refractivity contribution in [3.8, 4) is 0 Å². The second-order valence-electron chi connectivity index (χ2n) is 3.64. The van der Waals surface area contributed by atoms with Gasteiger partial charge in [0.15, 0.2) is 11.4 Å². The summed E-state index contributed by atoms with van der Waals surface area (Å²) in [4.78, 5) is 4.31. The normalized spacial score (nSPS) is 12.7. The van der Waals surface area contributed by atoms with Crippen molar-refractivity contribution < 1.29 is 4.42 Å². The fourth-order valence-electron chi connectivity index (χ4n) is 1.59. The van der Waals surface area contributed by atoms with E-state index in [9.17, 15) is 0 Å². The number of hydrogen-bond donors (Lipinski definition) is 3. The summed E-state index contributed by atoms with van der Waals surface area (Å²) in [6, 6.07) is 7.75. The molecule has 8 heteroatoms. The summed E-state index contributed by atoms with van der Waals surface area (Å²) in [6.45, 7) is 0. The van der Waals surface area contributed by atoms with Gasteiger partial charge in [0, 0.05) is 5.75 Å². The molecule has 92 valence electrons. The van der Waals surface area contributed by atoms with Crippen molar-refractivity contribution in [2.75, 3.05) is 11.1 Å². The number of benzene rings is 1. The van der Waals surface area contributed by atoms with E-state index in [2.05, 4.69) is 43.6 Å². The molecule has 7 nitrogen and oxygen atoms in total. The van der Waals surface area contributed by atoms with Crippen LogP contribution in [0, 0.1) is 0 Å². The van der Waals surface area contributed by atoms with Gasteiger partial charge in [-0.15, -0.1) is 10.2 Å². The number of aromatic nitrogens is 5. The molecule has 2 aromatic heterocycles. The lowest BCUT2D eigenvalue weighted by Gasteiger charge is -2.09. The number of nitrogens with one attached hydrogen (secondary N) is 2. The van der Waals surface area contributed by atoms with Gasteiger partial charge in [0.25, 0.3) is 6.01 Å². The lowest BCUT2D eigenvalue weighted by Crippen LogP contribution is -2.14. The van der Waals surface area contributed by atoms with E-state index in [1.165, 1.54) is 0 Å². The van der Waals surface area contributed by atoms with Crippen molar-refractivity contribution in [3.63, 3.8) is 0 Å². The maximum atomic E-state index is 5.56. The van der Waals surface area contributed by atoms with Crippen molar-refractivity contribution in [2.45, 2.75) is 6.04 Å². The van der Waals surface area contributed by atoms with E-state index in [-0.39, 0.29) is 6.04 Å². The summed E-state index contributed by atoms with van der Waals surface area (Å²) < 4.78 is 5.56. The summed E-state index contributed by atoms with van der Waals surface area (Å²) in [5.41, 5.74) is 1.53. The van der Waals surface area contributed by atoms with E-state index >= 15 is 0 Å². The van der Waals surface area contributed by atoms with Crippen molar-refractivity contribution >= 4 is 29.7 Å². The number of fused-ring (bicyclic) bond motifs is 1. The van der Waals surface area contributed by atoms with Crippen LogP contribution in [0.15, 0.2) is 28.7 Å². The monoisotopic (exact) mass is 262 g/mol. The van der Waals surface area contributed by atoms with Gasteiger partial charge in [0.1, 0.15) is 11.6 Å². The fraction of sp³-hybridized carbons (Fsp3) is 0.200. The summed E-state index contributed by atoms with van der Waals surface area (Å²) in [5, 5.41) is 16.8. The highest BCUT2D eigenvalue weighted by Crippen LogP contribution is 2.21. The quantitative estimate of drug-likeness (QED) is 0.616. The first-order chi connectivity index (χ1) is 8.86. The van der Waals surface area contributed by atoms with E-state index < -0.39 is 0 Å². The number of anilines is 1. The zero-order chi connectivity index (χ0) is 12.4. The van der Waals surface area contributed by atoms with Crippen LogP contribution >= 0.6 is 12.6 Å². The first-order valence-electron chi connectivity index (χ1n) is 5.33. The maximum Gasteiger partial charge on any atom is 0.296 e. The van der Waals surface area contributed by atoms with Crippen LogP contribution in [0.3, 0.4) is 0 Å². The number of oxazole rings is 1. The van der Waals surface area contributed by atoms with Gasteiger partial charge in [-0.3, -0.25) is 0 Å². The smallest absolute Gasteiger partial charge is 0.296 e. The topological polar surface area (TPSA) is 92.5 Å². The van der Waals surface area contributed by atoms with Crippen molar-refractivity contribution in [3.05, 3.63) is 30.1 Å². The third-order valence-electron chi connectivity index (χ3n) is 2.45. The molecule has 0 aliphatic carbocycles. The Balaban J connectivity index is 1.86. The number of thiol groups is 1. The second kappa shape index (κ2) is 4.65. The Morgan fingerprint density at radius 3 is 3.00 bits per heavy atom. The SMILES string of the molecule is SCC(Nc1nc2ccccc2o1)c1nn[nH]n1. The molecule has 0 spiro atoms. The van der Waals surface area contributed by atoms with Crippen LogP contribution in [0.25, 0.3) is 11.1 Å². The Hall–Kier alpha value is -2.09. The van der Waals surface area contributed by atoms with Gasteiger partial charge in [0.05, 0.1) is 0 Å². The molecule has 2 N–H and O–H groups in total. The first-order valence-corrected chi connectivity index (χ1v) is 5.96. The number of para-hydroxylation sites is 2.